The van der Waals surface area contributed by atoms with E-state index in [0.717, 1.165) is 6.42 Å². The lowest BCUT2D eigenvalue weighted by Crippen LogP contribution is -2.51. The highest BCUT2D eigenvalue weighted by molar-refractivity contribution is 7.80. The fourth-order valence-corrected chi connectivity index (χ4v) is 2.85. The van der Waals surface area contributed by atoms with Gasteiger partial charge in [-0.2, -0.15) is 12.6 Å². The van der Waals surface area contributed by atoms with Gasteiger partial charge in [-0.3, -0.25) is 9.69 Å². The maximum Gasteiger partial charge on any atom is 0.325 e. The summed E-state index contributed by atoms with van der Waals surface area (Å²) in [5.74, 6) is 0.859. The van der Waals surface area contributed by atoms with Crippen molar-refractivity contribution in [1.29, 1.82) is 0 Å². The van der Waals surface area contributed by atoms with Gasteiger partial charge in [-0.25, -0.2) is 4.79 Å². The Morgan fingerprint density at radius 3 is 2.67 bits per heavy atom. The Morgan fingerprint density at radius 1 is 1.44 bits per heavy atom. The van der Waals surface area contributed by atoms with Crippen LogP contribution >= 0.6 is 12.6 Å². The van der Waals surface area contributed by atoms with E-state index in [4.69, 9.17) is 4.74 Å². The molecule has 2 saturated heterocycles. The van der Waals surface area contributed by atoms with Crippen molar-refractivity contribution in [3.63, 3.8) is 0 Å². The molecule has 1 atom stereocenters. The van der Waals surface area contributed by atoms with Gasteiger partial charge in [-0.15, -0.1) is 0 Å². The average Bonchev–Trinajstić information content (AvgIpc) is 2.60. The Balaban J connectivity index is 2.09. The minimum atomic E-state index is -0.704. The molecule has 2 heterocycles. The molecule has 0 saturated carbocycles. The summed E-state index contributed by atoms with van der Waals surface area (Å²) in [6.07, 6.45) is 2.06. The molecule has 18 heavy (non-hydrogen) atoms. The van der Waals surface area contributed by atoms with Crippen molar-refractivity contribution in [3.05, 3.63) is 0 Å². The van der Waals surface area contributed by atoms with E-state index in [2.05, 4.69) is 17.9 Å². The van der Waals surface area contributed by atoms with Crippen LogP contribution in [0, 0.1) is 5.92 Å². The zero-order valence-electron chi connectivity index (χ0n) is 10.6. The second-order valence-corrected chi connectivity index (χ2v) is 5.36. The Morgan fingerprint density at radius 2 is 2.11 bits per heavy atom. The molecule has 102 valence electrons. The lowest BCUT2D eigenvalue weighted by molar-refractivity contribution is -0.134. The van der Waals surface area contributed by atoms with Gasteiger partial charge < -0.3 is 10.1 Å². The Hall–Kier alpha value is -0.750. The third-order valence-corrected chi connectivity index (χ3v) is 4.38. The predicted octanol–water partition coefficient (Wildman–Crippen LogP) is 1.04. The molecular weight excluding hydrogens is 252 g/mol. The number of thiol groups is 1. The molecule has 2 aliphatic heterocycles. The molecule has 2 fully saturated rings. The van der Waals surface area contributed by atoms with Gasteiger partial charge in [-0.05, 0) is 11.7 Å². The van der Waals surface area contributed by atoms with Gasteiger partial charge in [0.25, 0.3) is 5.91 Å². The monoisotopic (exact) mass is 272 g/mol. The fourth-order valence-electron chi connectivity index (χ4n) is 2.47. The van der Waals surface area contributed by atoms with E-state index >= 15 is 0 Å². The van der Waals surface area contributed by atoms with Crippen molar-refractivity contribution in [2.45, 2.75) is 31.7 Å². The van der Waals surface area contributed by atoms with Crippen LogP contribution in [0.5, 0.6) is 0 Å². The van der Waals surface area contributed by atoms with Gasteiger partial charge in [0.15, 0.2) is 0 Å². The van der Waals surface area contributed by atoms with Crippen LogP contribution in [-0.4, -0.2) is 47.9 Å². The number of hydrogen-bond donors (Lipinski definition) is 2. The maximum absolute atomic E-state index is 12.4. The van der Waals surface area contributed by atoms with Gasteiger partial charge in [0.1, 0.15) is 5.54 Å². The van der Waals surface area contributed by atoms with Crippen molar-refractivity contribution < 1.29 is 14.3 Å². The Labute approximate surface area is 113 Å². The summed E-state index contributed by atoms with van der Waals surface area (Å²) in [6.45, 7) is 3.57. The molecule has 0 aromatic rings. The normalized spacial score (nSPS) is 24.4. The van der Waals surface area contributed by atoms with Crippen LogP contribution in [0.1, 0.15) is 26.2 Å². The molecule has 0 radical (unpaired) electrons. The van der Waals surface area contributed by atoms with E-state index in [1.54, 1.807) is 0 Å². The van der Waals surface area contributed by atoms with Crippen LogP contribution in [0.2, 0.25) is 0 Å². The van der Waals surface area contributed by atoms with Crippen molar-refractivity contribution >= 4 is 24.6 Å². The quantitative estimate of drug-likeness (QED) is 0.594. The zero-order chi connectivity index (χ0) is 13.2. The molecule has 0 aliphatic carbocycles. The highest BCUT2D eigenvalue weighted by atomic mass is 32.1. The third kappa shape index (κ3) is 2.36. The molecule has 1 spiro atoms. The van der Waals surface area contributed by atoms with Crippen molar-refractivity contribution in [3.8, 4) is 0 Å². The summed E-state index contributed by atoms with van der Waals surface area (Å²) in [4.78, 5) is 25.7. The van der Waals surface area contributed by atoms with Crippen LogP contribution < -0.4 is 5.32 Å². The number of rotatable bonds is 4. The maximum atomic E-state index is 12.4. The standard InChI is InChI=1S/C12H20N2O3S/c1-2-9(8-18)7-14-10(15)12(13-11(14)16)3-5-17-6-4-12/h9,18H,2-8H2,1H3,(H,13,16). The van der Waals surface area contributed by atoms with Crippen LogP contribution in [-0.2, 0) is 9.53 Å². The molecule has 0 aromatic carbocycles. The SMILES string of the molecule is CCC(CS)CN1C(=O)NC2(CCOCC2)C1=O. The first-order valence-corrected chi connectivity index (χ1v) is 7.09. The topological polar surface area (TPSA) is 58.6 Å². The van der Waals surface area contributed by atoms with Crippen LogP contribution in [0.4, 0.5) is 4.79 Å². The van der Waals surface area contributed by atoms with E-state index in [-0.39, 0.29) is 17.9 Å². The summed E-state index contributed by atoms with van der Waals surface area (Å²) in [7, 11) is 0. The van der Waals surface area contributed by atoms with Crippen LogP contribution in [0.3, 0.4) is 0 Å². The molecule has 2 rings (SSSR count). The first kappa shape index (κ1) is 13.7. The van der Waals surface area contributed by atoms with Gasteiger partial charge in [0, 0.05) is 32.6 Å². The van der Waals surface area contributed by atoms with Crippen molar-refractivity contribution in [2.24, 2.45) is 5.92 Å². The second kappa shape index (κ2) is 5.48. The van der Waals surface area contributed by atoms with Gasteiger partial charge in [0.05, 0.1) is 0 Å². The third-order valence-electron chi connectivity index (χ3n) is 3.87. The first-order chi connectivity index (χ1) is 8.63. The van der Waals surface area contributed by atoms with E-state index in [1.165, 1.54) is 4.90 Å². The van der Waals surface area contributed by atoms with Crippen molar-refractivity contribution in [1.82, 2.24) is 10.2 Å². The summed E-state index contributed by atoms with van der Waals surface area (Å²) < 4.78 is 5.26. The molecule has 0 aromatic heterocycles. The molecule has 3 amide bonds. The Bertz CT molecular complexity index is 338. The fraction of sp³-hybridized carbons (Fsp3) is 0.833. The lowest BCUT2D eigenvalue weighted by atomic mass is 9.90. The predicted molar refractivity (Wildman–Crippen MR) is 70.7 cm³/mol. The summed E-state index contributed by atoms with van der Waals surface area (Å²) in [5, 5.41) is 2.86. The molecule has 6 heteroatoms. The minimum absolute atomic E-state index is 0.0870. The number of urea groups is 1. The lowest BCUT2D eigenvalue weighted by Gasteiger charge is -2.30. The van der Waals surface area contributed by atoms with Gasteiger partial charge in [0.2, 0.25) is 0 Å². The van der Waals surface area contributed by atoms with E-state index < -0.39 is 5.54 Å². The van der Waals surface area contributed by atoms with Crippen molar-refractivity contribution in [2.75, 3.05) is 25.5 Å². The first-order valence-electron chi connectivity index (χ1n) is 6.45. The number of nitrogens with zero attached hydrogens (tertiary/aromatic N) is 1. The molecule has 1 N–H and O–H groups in total. The van der Waals surface area contributed by atoms with E-state index in [1.807, 2.05) is 6.92 Å². The molecule has 2 aliphatic rings. The van der Waals surface area contributed by atoms with Crippen LogP contribution in [0.25, 0.3) is 0 Å². The molecule has 1 unspecified atom stereocenters. The molecule has 0 bridgehead atoms. The Kier molecular flexibility index (Phi) is 4.17. The van der Waals surface area contributed by atoms with Crippen LogP contribution in [0.15, 0.2) is 0 Å². The summed E-state index contributed by atoms with van der Waals surface area (Å²) in [6, 6.07) is -0.262. The number of hydrogen-bond acceptors (Lipinski definition) is 4. The highest BCUT2D eigenvalue weighted by Gasteiger charge is 2.51. The second-order valence-electron chi connectivity index (χ2n) is 5.00. The van der Waals surface area contributed by atoms with Gasteiger partial charge in [-0.1, -0.05) is 13.3 Å². The van der Waals surface area contributed by atoms with E-state index in [0.29, 0.717) is 38.4 Å². The average molecular weight is 272 g/mol. The number of carbonyl (C=O) groups is 2. The number of ether oxygens (including phenoxy) is 1. The zero-order valence-corrected chi connectivity index (χ0v) is 11.5. The number of amides is 3. The number of carbonyl (C=O) groups excluding carboxylic acids is 2. The highest BCUT2D eigenvalue weighted by Crippen LogP contribution is 2.29. The summed E-state index contributed by atoms with van der Waals surface area (Å²) >= 11 is 4.26. The number of imide groups is 1. The van der Waals surface area contributed by atoms with Gasteiger partial charge >= 0.3 is 6.03 Å². The largest absolute Gasteiger partial charge is 0.381 e. The molecule has 5 nitrogen and oxygen atoms in total. The smallest absolute Gasteiger partial charge is 0.325 e. The minimum Gasteiger partial charge on any atom is -0.381 e. The van der Waals surface area contributed by atoms with E-state index in [9.17, 15) is 9.59 Å². The molecular formula is C12H20N2O3S. The number of nitrogens with one attached hydrogen (secondary N) is 1. The summed E-state index contributed by atoms with van der Waals surface area (Å²) in [5.41, 5.74) is -0.704.